The molecule has 80 valence electrons. The number of hydrogen-bond donors (Lipinski definition) is 0. The van der Waals surface area contributed by atoms with E-state index in [-0.39, 0.29) is 12.0 Å². The molecule has 1 rings (SSSR count). The normalized spacial score (nSPS) is 17.9. The summed E-state index contributed by atoms with van der Waals surface area (Å²) in [7, 11) is 0. The zero-order chi connectivity index (χ0) is 10.6. The topological polar surface area (TPSA) is 29.5 Å². The quantitative estimate of drug-likeness (QED) is 0.478. The van der Waals surface area contributed by atoms with Crippen molar-refractivity contribution in [3.63, 3.8) is 0 Å². The Morgan fingerprint density at radius 2 is 2.36 bits per heavy atom. The Hall–Kier alpha value is -0.830. The van der Waals surface area contributed by atoms with Crippen LogP contribution in [0.1, 0.15) is 26.7 Å². The van der Waals surface area contributed by atoms with Crippen molar-refractivity contribution in [1.29, 1.82) is 0 Å². The first-order valence-electron chi connectivity index (χ1n) is 5.23. The smallest absolute Gasteiger partial charge is 0.320 e. The number of hydrogen-bond acceptors (Lipinski definition) is 3. The Bertz CT molecular complexity index is 211. The van der Waals surface area contributed by atoms with Crippen LogP contribution in [-0.2, 0) is 9.53 Å². The summed E-state index contributed by atoms with van der Waals surface area (Å²) < 4.78 is 4.93. The molecule has 0 radical (unpaired) electrons. The first-order chi connectivity index (χ1) is 6.69. The fourth-order valence-electron chi connectivity index (χ4n) is 1.50. The monoisotopic (exact) mass is 197 g/mol. The Morgan fingerprint density at radius 1 is 1.71 bits per heavy atom. The van der Waals surface area contributed by atoms with Gasteiger partial charge in [-0.15, -0.1) is 6.58 Å². The summed E-state index contributed by atoms with van der Waals surface area (Å²) in [5.74, 6) is -0.131. The number of ether oxygens (including phenoxy) is 1. The third-order valence-corrected chi connectivity index (χ3v) is 2.50. The van der Waals surface area contributed by atoms with Gasteiger partial charge in [-0.05, 0) is 26.7 Å². The number of nitrogens with zero attached hydrogens (tertiary/aromatic N) is 1. The van der Waals surface area contributed by atoms with Gasteiger partial charge in [0.15, 0.2) is 0 Å². The van der Waals surface area contributed by atoms with E-state index < -0.39 is 0 Å². The second-order valence-electron chi connectivity index (χ2n) is 3.68. The summed E-state index contributed by atoms with van der Waals surface area (Å²) in [6.07, 6.45) is 4.26. The highest BCUT2D eigenvalue weighted by Gasteiger charge is 2.32. The van der Waals surface area contributed by atoms with Gasteiger partial charge in [0.05, 0.1) is 13.2 Å². The first-order valence-corrected chi connectivity index (χ1v) is 5.23. The maximum Gasteiger partial charge on any atom is 0.320 e. The van der Waals surface area contributed by atoms with Crippen molar-refractivity contribution < 1.29 is 9.53 Å². The van der Waals surface area contributed by atoms with Crippen LogP contribution < -0.4 is 0 Å². The predicted octanol–water partition coefficient (Wildman–Crippen LogP) is 1.59. The van der Waals surface area contributed by atoms with Gasteiger partial charge >= 0.3 is 5.97 Å². The van der Waals surface area contributed by atoms with E-state index in [1.165, 1.54) is 12.8 Å². The molecule has 0 aromatic carbocycles. The molecule has 3 nitrogen and oxygen atoms in total. The van der Waals surface area contributed by atoms with Crippen LogP contribution in [-0.4, -0.2) is 36.1 Å². The van der Waals surface area contributed by atoms with Crippen molar-refractivity contribution in [2.24, 2.45) is 0 Å². The Balaban J connectivity index is 2.42. The van der Waals surface area contributed by atoms with E-state index in [1.54, 1.807) is 0 Å². The lowest BCUT2D eigenvalue weighted by atomic mass is 10.2. The molecular formula is C11H19NO2. The highest BCUT2D eigenvalue weighted by Crippen LogP contribution is 2.28. The highest BCUT2D eigenvalue weighted by molar-refractivity contribution is 5.71. The first kappa shape index (κ1) is 11.2. The SMILES string of the molecule is C=CC(C)N(CC(=O)OCC)C1CC1. The predicted molar refractivity (Wildman–Crippen MR) is 56.0 cm³/mol. The molecule has 0 amide bonds. The Labute approximate surface area is 85.7 Å². The molecule has 14 heavy (non-hydrogen) atoms. The van der Waals surface area contributed by atoms with Gasteiger partial charge < -0.3 is 4.74 Å². The number of esters is 1. The van der Waals surface area contributed by atoms with Crippen LogP contribution in [0.5, 0.6) is 0 Å². The fourth-order valence-corrected chi connectivity index (χ4v) is 1.50. The molecule has 0 aliphatic heterocycles. The van der Waals surface area contributed by atoms with E-state index in [4.69, 9.17) is 4.74 Å². The molecule has 1 aliphatic carbocycles. The largest absolute Gasteiger partial charge is 0.465 e. The van der Waals surface area contributed by atoms with Gasteiger partial charge in [-0.2, -0.15) is 0 Å². The standard InChI is InChI=1S/C11H19NO2/c1-4-9(3)12(10-6-7-10)8-11(13)14-5-2/h4,9-10H,1,5-8H2,2-3H3. The van der Waals surface area contributed by atoms with Gasteiger partial charge in [0.1, 0.15) is 0 Å². The van der Waals surface area contributed by atoms with Gasteiger partial charge in [0, 0.05) is 12.1 Å². The van der Waals surface area contributed by atoms with E-state index in [2.05, 4.69) is 18.4 Å². The van der Waals surface area contributed by atoms with Gasteiger partial charge in [-0.1, -0.05) is 6.08 Å². The lowest BCUT2D eigenvalue weighted by Gasteiger charge is -2.25. The minimum Gasteiger partial charge on any atom is -0.465 e. The number of rotatable bonds is 6. The van der Waals surface area contributed by atoms with Crippen molar-refractivity contribution in [3.8, 4) is 0 Å². The van der Waals surface area contributed by atoms with Crippen LogP contribution >= 0.6 is 0 Å². The summed E-state index contributed by atoms with van der Waals surface area (Å²) >= 11 is 0. The van der Waals surface area contributed by atoms with Gasteiger partial charge in [-0.3, -0.25) is 9.69 Å². The Kier molecular flexibility index (Phi) is 4.14. The zero-order valence-electron chi connectivity index (χ0n) is 9.03. The molecular weight excluding hydrogens is 178 g/mol. The lowest BCUT2D eigenvalue weighted by molar-refractivity contribution is -0.144. The molecule has 1 aliphatic rings. The van der Waals surface area contributed by atoms with Crippen LogP contribution in [0.15, 0.2) is 12.7 Å². The van der Waals surface area contributed by atoms with Crippen molar-refractivity contribution in [1.82, 2.24) is 4.90 Å². The lowest BCUT2D eigenvalue weighted by Crippen LogP contribution is -2.38. The molecule has 1 atom stereocenters. The minimum atomic E-state index is -0.131. The van der Waals surface area contributed by atoms with Gasteiger partial charge in [0.2, 0.25) is 0 Å². The fraction of sp³-hybridized carbons (Fsp3) is 0.727. The third kappa shape index (κ3) is 3.14. The highest BCUT2D eigenvalue weighted by atomic mass is 16.5. The Morgan fingerprint density at radius 3 is 2.79 bits per heavy atom. The molecule has 0 saturated heterocycles. The average molecular weight is 197 g/mol. The molecule has 0 bridgehead atoms. The summed E-state index contributed by atoms with van der Waals surface area (Å²) in [5.41, 5.74) is 0. The summed E-state index contributed by atoms with van der Waals surface area (Å²) in [4.78, 5) is 13.5. The van der Waals surface area contributed by atoms with Gasteiger partial charge in [0.25, 0.3) is 0 Å². The van der Waals surface area contributed by atoms with Crippen molar-refractivity contribution in [2.75, 3.05) is 13.2 Å². The van der Waals surface area contributed by atoms with Crippen LogP contribution in [0.2, 0.25) is 0 Å². The molecule has 0 aromatic rings. The second-order valence-corrected chi connectivity index (χ2v) is 3.68. The van der Waals surface area contributed by atoms with Crippen LogP contribution in [0.25, 0.3) is 0 Å². The maximum absolute atomic E-state index is 11.3. The van der Waals surface area contributed by atoms with E-state index in [1.807, 2.05) is 13.0 Å². The summed E-state index contributed by atoms with van der Waals surface area (Å²) in [6.45, 7) is 8.49. The van der Waals surface area contributed by atoms with E-state index >= 15 is 0 Å². The molecule has 1 fully saturated rings. The van der Waals surface area contributed by atoms with Crippen LogP contribution in [0, 0.1) is 0 Å². The second kappa shape index (κ2) is 5.15. The maximum atomic E-state index is 11.3. The molecule has 1 unspecified atom stereocenters. The van der Waals surface area contributed by atoms with Crippen LogP contribution in [0.3, 0.4) is 0 Å². The third-order valence-electron chi connectivity index (χ3n) is 2.50. The van der Waals surface area contributed by atoms with Gasteiger partial charge in [-0.25, -0.2) is 0 Å². The number of carbonyl (C=O) groups excluding carboxylic acids is 1. The molecule has 3 heteroatoms. The van der Waals surface area contributed by atoms with Crippen molar-refractivity contribution in [3.05, 3.63) is 12.7 Å². The van der Waals surface area contributed by atoms with E-state index in [9.17, 15) is 4.79 Å². The summed E-state index contributed by atoms with van der Waals surface area (Å²) in [6, 6.07) is 0.819. The van der Waals surface area contributed by atoms with Crippen molar-refractivity contribution >= 4 is 5.97 Å². The van der Waals surface area contributed by atoms with Crippen molar-refractivity contribution in [2.45, 2.75) is 38.8 Å². The molecule has 0 aromatic heterocycles. The molecule has 0 spiro atoms. The zero-order valence-corrected chi connectivity index (χ0v) is 9.03. The van der Waals surface area contributed by atoms with Crippen LogP contribution in [0.4, 0.5) is 0 Å². The van der Waals surface area contributed by atoms with E-state index in [0.717, 1.165) is 0 Å². The number of carbonyl (C=O) groups is 1. The van der Waals surface area contributed by atoms with E-state index in [0.29, 0.717) is 19.2 Å². The summed E-state index contributed by atoms with van der Waals surface area (Å²) in [5, 5.41) is 0. The molecule has 0 N–H and O–H groups in total. The molecule has 0 heterocycles. The average Bonchev–Trinajstić information content (AvgIpc) is 2.97. The minimum absolute atomic E-state index is 0.131. The molecule has 1 saturated carbocycles.